The number of hydrogen-bond donors (Lipinski definition) is 2. The number of hydrogen-bond acceptors (Lipinski definition) is 2. The standard InChI is InChI=1S/C10H16O4/c1-7(6-9(11)12)4-3-5-8(2)10(13)14/h5,7H,3-4,6H2,1-2H3,(H,11,12)(H,13,14)/t7-/m1/s1. The van der Waals surface area contributed by atoms with Gasteiger partial charge in [0.2, 0.25) is 0 Å². The summed E-state index contributed by atoms with van der Waals surface area (Å²) >= 11 is 0. The Hall–Kier alpha value is -1.32. The van der Waals surface area contributed by atoms with Gasteiger partial charge in [0, 0.05) is 12.0 Å². The van der Waals surface area contributed by atoms with E-state index in [-0.39, 0.29) is 12.3 Å². The average molecular weight is 200 g/mol. The molecule has 0 aliphatic heterocycles. The minimum absolute atomic E-state index is 0.0883. The topological polar surface area (TPSA) is 74.6 Å². The molecule has 0 radical (unpaired) electrons. The van der Waals surface area contributed by atoms with Gasteiger partial charge in [0.15, 0.2) is 0 Å². The highest BCUT2D eigenvalue weighted by Gasteiger charge is 2.06. The molecular weight excluding hydrogens is 184 g/mol. The molecule has 0 heterocycles. The fourth-order valence-corrected chi connectivity index (χ4v) is 1.07. The van der Waals surface area contributed by atoms with E-state index >= 15 is 0 Å². The summed E-state index contributed by atoms with van der Waals surface area (Å²) in [6, 6.07) is 0. The third kappa shape index (κ3) is 6.22. The monoisotopic (exact) mass is 200 g/mol. The zero-order valence-electron chi connectivity index (χ0n) is 8.49. The molecule has 0 amide bonds. The summed E-state index contributed by atoms with van der Waals surface area (Å²) in [5, 5.41) is 17.0. The van der Waals surface area contributed by atoms with Crippen molar-refractivity contribution >= 4 is 11.9 Å². The van der Waals surface area contributed by atoms with E-state index in [2.05, 4.69) is 0 Å². The Bertz CT molecular complexity index is 243. The van der Waals surface area contributed by atoms with Crippen LogP contribution in [-0.2, 0) is 9.59 Å². The van der Waals surface area contributed by atoms with Crippen LogP contribution in [0, 0.1) is 5.92 Å². The fourth-order valence-electron chi connectivity index (χ4n) is 1.07. The molecule has 1 atom stereocenters. The lowest BCUT2D eigenvalue weighted by atomic mass is 10.0. The molecule has 0 aromatic heterocycles. The van der Waals surface area contributed by atoms with Crippen LogP contribution >= 0.6 is 0 Å². The highest BCUT2D eigenvalue weighted by Crippen LogP contribution is 2.11. The first kappa shape index (κ1) is 12.7. The zero-order valence-corrected chi connectivity index (χ0v) is 8.49. The van der Waals surface area contributed by atoms with E-state index in [1.807, 2.05) is 6.92 Å². The van der Waals surface area contributed by atoms with Crippen molar-refractivity contribution in [3.8, 4) is 0 Å². The van der Waals surface area contributed by atoms with E-state index < -0.39 is 11.9 Å². The molecular formula is C10H16O4. The van der Waals surface area contributed by atoms with Crippen molar-refractivity contribution in [2.75, 3.05) is 0 Å². The largest absolute Gasteiger partial charge is 0.481 e. The first-order chi connectivity index (χ1) is 6.43. The van der Waals surface area contributed by atoms with Gasteiger partial charge < -0.3 is 10.2 Å². The van der Waals surface area contributed by atoms with Crippen LogP contribution in [-0.4, -0.2) is 22.2 Å². The van der Waals surface area contributed by atoms with Crippen LogP contribution in [0.3, 0.4) is 0 Å². The zero-order chi connectivity index (χ0) is 11.1. The summed E-state index contributed by atoms with van der Waals surface area (Å²) in [6.45, 7) is 3.38. The predicted octanol–water partition coefficient (Wildman–Crippen LogP) is 1.91. The Labute approximate surface area is 83.2 Å². The Morgan fingerprint density at radius 3 is 2.36 bits per heavy atom. The van der Waals surface area contributed by atoms with Crippen LogP contribution in [0.1, 0.15) is 33.1 Å². The van der Waals surface area contributed by atoms with Crippen molar-refractivity contribution in [3.05, 3.63) is 11.6 Å². The number of allylic oxidation sites excluding steroid dienone is 1. The van der Waals surface area contributed by atoms with Crippen LogP contribution in [0.15, 0.2) is 11.6 Å². The highest BCUT2D eigenvalue weighted by atomic mass is 16.4. The number of carboxylic acid groups (broad SMARTS) is 2. The summed E-state index contributed by atoms with van der Waals surface area (Å²) in [7, 11) is 0. The normalized spacial score (nSPS) is 13.7. The molecule has 0 saturated heterocycles. The van der Waals surface area contributed by atoms with Crippen molar-refractivity contribution in [1.82, 2.24) is 0 Å². The van der Waals surface area contributed by atoms with E-state index in [4.69, 9.17) is 10.2 Å². The van der Waals surface area contributed by atoms with Crippen molar-refractivity contribution in [2.24, 2.45) is 5.92 Å². The molecule has 14 heavy (non-hydrogen) atoms. The molecule has 0 fully saturated rings. The summed E-state index contributed by atoms with van der Waals surface area (Å²) in [6.07, 6.45) is 3.09. The van der Waals surface area contributed by atoms with Crippen LogP contribution in [0.5, 0.6) is 0 Å². The number of aliphatic carboxylic acids is 2. The molecule has 0 unspecified atom stereocenters. The molecule has 80 valence electrons. The Kier molecular flexibility index (Phi) is 5.60. The van der Waals surface area contributed by atoms with Gasteiger partial charge in [-0.15, -0.1) is 0 Å². The lowest BCUT2D eigenvalue weighted by Gasteiger charge is -2.05. The Morgan fingerprint density at radius 2 is 1.93 bits per heavy atom. The summed E-state index contributed by atoms with van der Waals surface area (Å²) in [4.78, 5) is 20.7. The summed E-state index contributed by atoms with van der Waals surface area (Å²) in [5.74, 6) is -1.64. The van der Waals surface area contributed by atoms with E-state index in [0.717, 1.165) is 0 Å². The van der Waals surface area contributed by atoms with Gasteiger partial charge in [0.1, 0.15) is 0 Å². The van der Waals surface area contributed by atoms with E-state index in [1.54, 1.807) is 6.08 Å². The fraction of sp³-hybridized carbons (Fsp3) is 0.600. The average Bonchev–Trinajstić information content (AvgIpc) is 2.02. The maximum Gasteiger partial charge on any atom is 0.330 e. The second kappa shape index (κ2) is 6.18. The maximum absolute atomic E-state index is 10.4. The van der Waals surface area contributed by atoms with E-state index in [0.29, 0.717) is 18.4 Å². The van der Waals surface area contributed by atoms with Crippen molar-refractivity contribution in [2.45, 2.75) is 33.1 Å². The van der Waals surface area contributed by atoms with Gasteiger partial charge in [-0.25, -0.2) is 4.79 Å². The molecule has 4 nitrogen and oxygen atoms in total. The first-order valence-electron chi connectivity index (χ1n) is 4.55. The molecule has 0 saturated carbocycles. The third-order valence-electron chi connectivity index (χ3n) is 1.97. The summed E-state index contributed by atoms with van der Waals surface area (Å²) < 4.78 is 0. The Morgan fingerprint density at radius 1 is 1.36 bits per heavy atom. The van der Waals surface area contributed by atoms with Crippen molar-refractivity contribution in [3.63, 3.8) is 0 Å². The molecule has 0 spiro atoms. The molecule has 0 aliphatic rings. The lowest BCUT2D eigenvalue weighted by Crippen LogP contribution is -2.04. The van der Waals surface area contributed by atoms with Gasteiger partial charge in [-0.1, -0.05) is 13.0 Å². The van der Waals surface area contributed by atoms with Gasteiger partial charge in [-0.2, -0.15) is 0 Å². The molecule has 0 bridgehead atoms. The summed E-state index contributed by atoms with van der Waals surface area (Å²) in [5.41, 5.74) is 0.313. The van der Waals surface area contributed by atoms with E-state index in [1.165, 1.54) is 6.92 Å². The van der Waals surface area contributed by atoms with Gasteiger partial charge in [0.05, 0.1) is 0 Å². The van der Waals surface area contributed by atoms with Gasteiger partial charge in [-0.05, 0) is 25.7 Å². The van der Waals surface area contributed by atoms with Gasteiger partial charge in [0.25, 0.3) is 0 Å². The molecule has 4 heteroatoms. The molecule has 2 N–H and O–H groups in total. The number of rotatable bonds is 6. The van der Waals surface area contributed by atoms with Crippen LogP contribution in [0.25, 0.3) is 0 Å². The number of carboxylic acids is 2. The first-order valence-corrected chi connectivity index (χ1v) is 4.55. The smallest absolute Gasteiger partial charge is 0.330 e. The minimum atomic E-state index is -0.920. The molecule has 0 rings (SSSR count). The van der Waals surface area contributed by atoms with Crippen LogP contribution in [0.2, 0.25) is 0 Å². The van der Waals surface area contributed by atoms with Crippen molar-refractivity contribution in [1.29, 1.82) is 0 Å². The second-order valence-corrected chi connectivity index (χ2v) is 3.47. The maximum atomic E-state index is 10.4. The quantitative estimate of drug-likeness (QED) is 0.642. The molecule has 0 aromatic rings. The van der Waals surface area contributed by atoms with Gasteiger partial charge in [-0.3, -0.25) is 4.79 Å². The van der Waals surface area contributed by atoms with E-state index in [9.17, 15) is 9.59 Å². The van der Waals surface area contributed by atoms with Crippen LogP contribution in [0.4, 0.5) is 0 Å². The lowest BCUT2D eigenvalue weighted by molar-refractivity contribution is -0.138. The van der Waals surface area contributed by atoms with Crippen molar-refractivity contribution < 1.29 is 19.8 Å². The second-order valence-electron chi connectivity index (χ2n) is 3.47. The molecule has 0 aliphatic carbocycles. The van der Waals surface area contributed by atoms with Crippen LogP contribution < -0.4 is 0 Å². The minimum Gasteiger partial charge on any atom is -0.481 e. The highest BCUT2D eigenvalue weighted by molar-refractivity contribution is 5.85. The SMILES string of the molecule is CC(=CCC[C@@H](C)CC(=O)O)C(=O)O. The Balaban J connectivity index is 3.78. The molecule has 0 aromatic carbocycles. The number of carbonyl (C=O) groups is 2. The predicted molar refractivity (Wildman–Crippen MR) is 52.0 cm³/mol. The third-order valence-corrected chi connectivity index (χ3v) is 1.97. The van der Waals surface area contributed by atoms with Gasteiger partial charge >= 0.3 is 11.9 Å².